The largest absolute Gasteiger partial charge is 0.310 e. The molecule has 0 bridgehead atoms. The second-order valence-corrected chi connectivity index (χ2v) is 5.34. The van der Waals surface area contributed by atoms with E-state index in [1.54, 1.807) is 0 Å². The molecule has 0 aliphatic carbocycles. The van der Waals surface area contributed by atoms with E-state index in [4.69, 9.17) is 0 Å². The second-order valence-electron chi connectivity index (χ2n) is 5.34. The molecule has 1 N–H and O–H groups in total. The Morgan fingerprint density at radius 3 is 2.16 bits per heavy atom. The molecule has 0 saturated carbocycles. The molecule has 2 aromatic rings. The fraction of sp³-hybridized carbons (Fsp3) is 0.333. The number of hydrogen-bond donors (Lipinski definition) is 1. The molecule has 100 valence electrons. The molecule has 0 saturated heterocycles. The summed E-state index contributed by atoms with van der Waals surface area (Å²) >= 11 is 0. The van der Waals surface area contributed by atoms with Crippen molar-refractivity contribution in [3.63, 3.8) is 0 Å². The highest BCUT2D eigenvalue weighted by Crippen LogP contribution is 2.13. The Balaban J connectivity index is 1.92. The van der Waals surface area contributed by atoms with Crippen molar-refractivity contribution in [2.45, 2.75) is 39.8 Å². The molecule has 0 spiro atoms. The van der Waals surface area contributed by atoms with E-state index in [2.05, 4.69) is 74.6 Å². The topological polar surface area (TPSA) is 12.0 Å². The lowest BCUT2D eigenvalue weighted by atomic mass is 10.0. The van der Waals surface area contributed by atoms with Crippen LogP contribution in [0.1, 0.15) is 29.2 Å². The van der Waals surface area contributed by atoms with Crippen molar-refractivity contribution in [1.82, 2.24) is 5.32 Å². The summed E-state index contributed by atoms with van der Waals surface area (Å²) in [6.07, 6.45) is 1.08. The highest BCUT2D eigenvalue weighted by molar-refractivity contribution is 5.33. The van der Waals surface area contributed by atoms with E-state index in [1.165, 1.54) is 22.3 Å². The molecule has 0 heterocycles. The van der Waals surface area contributed by atoms with Crippen LogP contribution in [0.3, 0.4) is 0 Å². The summed E-state index contributed by atoms with van der Waals surface area (Å²) < 4.78 is 0. The molecule has 1 heteroatoms. The minimum absolute atomic E-state index is 0.487. The quantitative estimate of drug-likeness (QED) is 0.848. The summed E-state index contributed by atoms with van der Waals surface area (Å²) in [5, 5.41) is 3.63. The molecule has 2 aromatic carbocycles. The average molecular weight is 253 g/mol. The Morgan fingerprint density at radius 1 is 0.895 bits per heavy atom. The van der Waals surface area contributed by atoms with Gasteiger partial charge in [-0.3, -0.25) is 0 Å². The first kappa shape index (κ1) is 13.8. The Labute approximate surface area is 116 Å². The number of aryl methyl sites for hydroxylation is 2. The van der Waals surface area contributed by atoms with Gasteiger partial charge in [0.2, 0.25) is 0 Å². The molecule has 19 heavy (non-hydrogen) atoms. The Bertz CT molecular complexity index is 496. The van der Waals surface area contributed by atoms with Gasteiger partial charge in [-0.25, -0.2) is 0 Å². The normalized spacial score (nSPS) is 12.4. The third kappa shape index (κ3) is 3.93. The molecule has 0 aliphatic heterocycles. The maximum absolute atomic E-state index is 3.63. The molecular formula is C18H23N. The van der Waals surface area contributed by atoms with Gasteiger partial charge in [0.05, 0.1) is 0 Å². The molecule has 0 aromatic heterocycles. The highest BCUT2D eigenvalue weighted by atomic mass is 14.9. The number of hydrogen-bond acceptors (Lipinski definition) is 1. The zero-order valence-corrected chi connectivity index (χ0v) is 12.1. The summed E-state index contributed by atoms with van der Waals surface area (Å²) in [6, 6.07) is 17.6. The maximum atomic E-state index is 3.63. The predicted molar refractivity (Wildman–Crippen MR) is 82.4 cm³/mol. The lowest BCUT2D eigenvalue weighted by Crippen LogP contribution is -2.28. The van der Waals surface area contributed by atoms with Crippen molar-refractivity contribution in [3.05, 3.63) is 70.8 Å². The van der Waals surface area contributed by atoms with E-state index >= 15 is 0 Å². The molecule has 1 unspecified atom stereocenters. The van der Waals surface area contributed by atoms with Crippen LogP contribution >= 0.6 is 0 Å². The molecule has 0 amide bonds. The highest BCUT2D eigenvalue weighted by Gasteiger charge is 2.06. The van der Waals surface area contributed by atoms with Crippen molar-refractivity contribution in [2.75, 3.05) is 0 Å². The van der Waals surface area contributed by atoms with Crippen LogP contribution in [-0.2, 0) is 13.0 Å². The van der Waals surface area contributed by atoms with Crippen LogP contribution in [0.4, 0.5) is 0 Å². The summed E-state index contributed by atoms with van der Waals surface area (Å²) in [4.78, 5) is 0. The van der Waals surface area contributed by atoms with Gasteiger partial charge >= 0.3 is 0 Å². The monoisotopic (exact) mass is 253 g/mol. The van der Waals surface area contributed by atoms with Crippen LogP contribution in [0.25, 0.3) is 0 Å². The van der Waals surface area contributed by atoms with Crippen molar-refractivity contribution in [3.8, 4) is 0 Å². The van der Waals surface area contributed by atoms with E-state index in [9.17, 15) is 0 Å². The van der Waals surface area contributed by atoms with E-state index < -0.39 is 0 Å². The van der Waals surface area contributed by atoms with Crippen molar-refractivity contribution in [2.24, 2.45) is 0 Å². The van der Waals surface area contributed by atoms with Gasteiger partial charge in [0.1, 0.15) is 0 Å². The van der Waals surface area contributed by atoms with Crippen molar-refractivity contribution in [1.29, 1.82) is 0 Å². The van der Waals surface area contributed by atoms with Gasteiger partial charge in [0.15, 0.2) is 0 Å². The van der Waals surface area contributed by atoms with Gasteiger partial charge in [-0.05, 0) is 49.4 Å². The van der Waals surface area contributed by atoms with Gasteiger partial charge in [-0.15, -0.1) is 0 Å². The standard InChI is InChI=1S/C18H23N/c1-14-8-7-9-15(2)18(14)13-19-16(3)12-17-10-5-4-6-11-17/h4-11,16,19H,12-13H2,1-3H3. The molecular weight excluding hydrogens is 230 g/mol. The maximum Gasteiger partial charge on any atom is 0.0213 e. The zero-order chi connectivity index (χ0) is 13.7. The lowest BCUT2D eigenvalue weighted by Gasteiger charge is -2.16. The van der Waals surface area contributed by atoms with E-state index in [0.717, 1.165) is 13.0 Å². The first-order valence-corrected chi connectivity index (χ1v) is 6.99. The Hall–Kier alpha value is -1.60. The molecule has 0 fully saturated rings. The number of nitrogens with one attached hydrogen (secondary N) is 1. The van der Waals surface area contributed by atoms with Crippen molar-refractivity contribution >= 4 is 0 Å². The van der Waals surface area contributed by atoms with Crippen LogP contribution in [0.5, 0.6) is 0 Å². The lowest BCUT2D eigenvalue weighted by molar-refractivity contribution is 0.543. The van der Waals surface area contributed by atoms with Gasteiger partial charge in [0.25, 0.3) is 0 Å². The first-order chi connectivity index (χ1) is 9.16. The second kappa shape index (κ2) is 6.53. The van der Waals surface area contributed by atoms with Gasteiger partial charge in [-0.1, -0.05) is 48.5 Å². The third-order valence-corrected chi connectivity index (χ3v) is 3.66. The Morgan fingerprint density at radius 2 is 1.53 bits per heavy atom. The smallest absolute Gasteiger partial charge is 0.0213 e. The molecule has 0 radical (unpaired) electrons. The molecule has 1 nitrogen and oxygen atoms in total. The zero-order valence-electron chi connectivity index (χ0n) is 12.1. The SMILES string of the molecule is Cc1cccc(C)c1CNC(C)Cc1ccccc1. The van der Waals surface area contributed by atoms with E-state index in [0.29, 0.717) is 6.04 Å². The Kier molecular flexibility index (Phi) is 4.75. The summed E-state index contributed by atoms with van der Waals surface area (Å²) in [6.45, 7) is 7.57. The van der Waals surface area contributed by atoms with Gasteiger partial charge in [0, 0.05) is 12.6 Å². The molecule has 0 aliphatic rings. The van der Waals surface area contributed by atoms with Gasteiger partial charge < -0.3 is 5.32 Å². The van der Waals surface area contributed by atoms with Crippen LogP contribution < -0.4 is 5.32 Å². The fourth-order valence-corrected chi connectivity index (χ4v) is 2.44. The first-order valence-electron chi connectivity index (χ1n) is 6.99. The predicted octanol–water partition coefficient (Wildman–Crippen LogP) is 4.02. The van der Waals surface area contributed by atoms with Gasteiger partial charge in [-0.2, -0.15) is 0 Å². The van der Waals surface area contributed by atoms with Crippen LogP contribution in [0, 0.1) is 13.8 Å². The van der Waals surface area contributed by atoms with Crippen LogP contribution in [0.2, 0.25) is 0 Å². The van der Waals surface area contributed by atoms with Crippen molar-refractivity contribution < 1.29 is 0 Å². The van der Waals surface area contributed by atoms with Crippen LogP contribution in [-0.4, -0.2) is 6.04 Å². The average Bonchev–Trinajstić information content (AvgIpc) is 2.39. The van der Waals surface area contributed by atoms with Crippen LogP contribution in [0.15, 0.2) is 48.5 Å². The summed E-state index contributed by atoms with van der Waals surface area (Å²) in [7, 11) is 0. The van der Waals surface area contributed by atoms with E-state index in [1.807, 2.05) is 0 Å². The fourth-order valence-electron chi connectivity index (χ4n) is 2.44. The summed E-state index contributed by atoms with van der Waals surface area (Å²) in [5.74, 6) is 0. The molecule has 1 atom stereocenters. The minimum Gasteiger partial charge on any atom is -0.310 e. The third-order valence-electron chi connectivity index (χ3n) is 3.66. The summed E-state index contributed by atoms with van der Waals surface area (Å²) in [5.41, 5.74) is 5.57. The molecule has 2 rings (SSSR count). The number of benzene rings is 2. The minimum atomic E-state index is 0.487. The number of rotatable bonds is 5. The van der Waals surface area contributed by atoms with E-state index in [-0.39, 0.29) is 0 Å².